The van der Waals surface area contributed by atoms with Crippen molar-refractivity contribution in [3.8, 4) is 27.9 Å². The average molecular weight is 663 g/mol. The van der Waals surface area contributed by atoms with Gasteiger partial charge in [0.05, 0.1) is 16.7 Å². The van der Waals surface area contributed by atoms with Gasteiger partial charge in [-0.2, -0.15) is 0 Å². The van der Waals surface area contributed by atoms with Crippen molar-refractivity contribution in [2.75, 3.05) is 4.90 Å². The van der Waals surface area contributed by atoms with Gasteiger partial charge in [-0.1, -0.05) is 152 Å². The van der Waals surface area contributed by atoms with Gasteiger partial charge in [-0.05, 0) is 92.8 Å². The summed E-state index contributed by atoms with van der Waals surface area (Å²) in [5.74, 6) is 0. The first-order valence-corrected chi connectivity index (χ1v) is 17.9. The minimum absolute atomic E-state index is 1.10. The molecule has 10 rings (SSSR count). The minimum atomic E-state index is 1.10. The van der Waals surface area contributed by atoms with Gasteiger partial charge in [0.1, 0.15) is 0 Å². The summed E-state index contributed by atoms with van der Waals surface area (Å²) in [5.41, 5.74) is 11.7. The lowest BCUT2D eigenvalue weighted by atomic mass is 9.95. The van der Waals surface area contributed by atoms with Gasteiger partial charge < -0.3 is 9.47 Å². The lowest BCUT2D eigenvalue weighted by molar-refractivity contribution is 1.19. The quantitative estimate of drug-likeness (QED) is 0.172. The third kappa shape index (κ3) is 5.04. The van der Waals surface area contributed by atoms with Gasteiger partial charge in [-0.3, -0.25) is 0 Å². The molecular formula is C50H34N2. The van der Waals surface area contributed by atoms with Crippen molar-refractivity contribution in [3.05, 3.63) is 206 Å². The second-order valence-electron chi connectivity index (χ2n) is 13.4. The van der Waals surface area contributed by atoms with Gasteiger partial charge in [0.25, 0.3) is 0 Å². The standard InChI is InChI=1S/C50H34N2/c1-2-12-35(13-3-1)37-22-28-41(29-23-37)51(43-32-24-36-14-4-5-16-40(36)34-43)42-30-25-39(26-31-42)50-44-17-7-6-15-38(44)27-33-49(50)52-47-20-10-8-18-45(47)46-19-9-11-21-48(46)52/h1-34H. The topological polar surface area (TPSA) is 8.17 Å². The molecule has 0 aliphatic carbocycles. The molecule has 0 fully saturated rings. The molecule has 0 unspecified atom stereocenters. The highest BCUT2D eigenvalue weighted by atomic mass is 15.1. The average Bonchev–Trinajstić information content (AvgIpc) is 3.56. The molecule has 1 aromatic heterocycles. The third-order valence-electron chi connectivity index (χ3n) is 10.4. The van der Waals surface area contributed by atoms with Crippen LogP contribution in [0.4, 0.5) is 17.1 Å². The molecule has 2 heteroatoms. The summed E-state index contributed by atoms with van der Waals surface area (Å²) in [6.45, 7) is 0. The number of aromatic nitrogens is 1. The summed E-state index contributed by atoms with van der Waals surface area (Å²) in [5, 5.41) is 7.43. The Labute approximate surface area is 303 Å². The van der Waals surface area contributed by atoms with Crippen LogP contribution in [0.3, 0.4) is 0 Å². The maximum Gasteiger partial charge on any atom is 0.0547 e. The largest absolute Gasteiger partial charge is 0.310 e. The molecular weight excluding hydrogens is 629 g/mol. The molecule has 0 atom stereocenters. The number of rotatable bonds is 6. The zero-order valence-electron chi connectivity index (χ0n) is 28.5. The highest BCUT2D eigenvalue weighted by Gasteiger charge is 2.19. The first-order valence-electron chi connectivity index (χ1n) is 17.9. The molecule has 0 spiro atoms. The molecule has 9 aromatic carbocycles. The summed E-state index contributed by atoms with van der Waals surface area (Å²) in [4.78, 5) is 2.36. The first kappa shape index (κ1) is 30.0. The fraction of sp³-hybridized carbons (Fsp3) is 0. The van der Waals surface area contributed by atoms with E-state index in [0.717, 1.165) is 17.1 Å². The molecule has 10 aromatic rings. The van der Waals surface area contributed by atoms with Gasteiger partial charge in [0.15, 0.2) is 0 Å². The van der Waals surface area contributed by atoms with Crippen molar-refractivity contribution in [1.29, 1.82) is 0 Å². The van der Waals surface area contributed by atoms with Gasteiger partial charge >= 0.3 is 0 Å². The molecule has 0 N–H and O–H groups in total. The monoisotopic (exact) mass is 662 g/mol. The summed E-state index contributed by atoms with van der Waals surface area (Å²) in [6.07, 6.45) is 0. The Morgan fingerprint density at radius 1 is 0.308 bits per heavy atom. The summed E-state index contributed by atoms with van der Waals surface area (Å²) in [7, 11) is 0. The van der Waals surface area contributed by atoms with E-state index in [1.54, 1.807) is 0 Å². The molecule has 0 aliphatic rings. The lowest BCUT2D eigenvalue weighted by Gasteiger charge is -2.26. The van der Waals surface area contributed by atoms with Crippen LogP contribution in [0, 0.1) is 0 Å². The molecule has 52 heavy (non-hydrogen) atoms. The van der Waals surface area contributed by atoms with Crippen LogP contribution in [-0.4, -0.2) is 4.57 Å². The van der Waals surface area contributed by atoms with E-state index >= 15 is 0 Å². The van der Waals surface area contributed by atoms with E-state index in [4.69, 9.17) is 0 Å². The van der Waals surface area contributed by atoms with E-state index in [1.165, 1.54) is 71.3 Å². The van der Waals surface area contributed by atoms with E-state index in [2.05, 4.69) is 216 Å². The zero-order chi connectivity index (χ0) is 34.4. The van der Waals surface area contributed by atoms with E-state index in [9.17, 15) is 0 Å². The Morgan fingerprint density at radius 3 is 1.46 bits per heavy atom. The molecule has 0 aliphatic heterocycles. The number of hydrogen-bond donors (Lipinski definition) is 0. The van der Waals surface area contributed by atoms with Crippen LogP contribution in [-0.2, 0) is 0 Å². The Morgan fingerprint density at radius 2 is 0.788 bits per heavy atom. The number of anilines is 3. The number of fused-ring (bicyclic) bond motifs is 5. The van der Waals surface area contributed by atoms with Crippen LogP contribution in [0.2, 0.25) is 0 Å². The van der Waals surface area contributed by atoms with Crippen LogP contribution in [0.15, 0.2) is 206 Å². The van der Waals surface area contributed by atoms with Crippen molar-refractivity contribution in [2.24, 2.45) is 0 Å². The second-order valence-corrected chi connectivity index (χ2v) is 13.4. The molecule has 2 nitrogen and oxygen atoms in total. The van der Waals surface area contributed by atoms with Gasteiger partial charge in [-0.25, -0.2) is 0 Å². The molecule has 0 amide bonds. The summed E-state index contributed by atoms with van der Waals surface area (Å²) < 4.78 is 2.44. The van der Waals surface area contributed by atoms with Crippen LogP contribution in [0.25, 0.3) is 71.3 Å². The van der Waals surface area contributed by atoms with Crippen LogP contribution in [0.5, 0.6) is 0 Å². The molecule has 0 saturated heterocycles. The number of para-hydroxylation sites is 2. The fourth-order valence-corrected chi connectivity index (χ4v) is 7.91. The normalized spacial score (nSPS) is 11.5. The second kappa shape index (κ2) is 12.5. The van der Waals surface area contributed by atoms with Crippen molar-refractivity contribution < 1.29 is 0 Å². The van der Waals surface area contributed by atoms with Crippen molar-refractivity contribution in [2.45, 2.75) is 0 Å². The van der Waals surface area contributed by atoms with E-state index in [0.29, 0.717) is 0 Å². The molecule has 0 saturated carbocycles. The molecule has 0 radical (unpaired) electrons. The Bertz CT molecular complexity index is 2830. The fourth-order valence-electron chi connectivity index (χ4n) is 7.91. The molecule has 244 valence electrons. The lowest BCUT2D eigenvalue weighted by Crippen LogP contribution is -2.10. The number of nitrogens with zero attached hydrogens (tertiary/aromatic N) is 2. The highest BCUT2D eigenvalue weighted by molar-refractivity contribution is 6.11. The van der Waals surface area contributed by atoms with E-state index < -0.39 is 0 Å². The van der Waals surface area contributed by atoms with E-state index in [-0.39, 0.29) is 0 Å². The smallest absolute Gasteiger partial charge is 0.0547 e. The first-order chi connectivity index (χ1) is 25.8. The van der Waals surface area contributed by atoms with Crippen molar-refractivity contribution >= 4 is 60.4 Å². The molecule has 1 heterocycles. The predicted octanol–water partition coefficient (Wildman–Crippen LogP) is 13.9. The predicted molar refractivity (Wildman–Crippen MR) is 221 cm³/mol. The summed E-state index contributed by atoms with van der Waals surface area (Å²) >= 11 is 0. The van der Waals surface area contributed by atoms with Gasteiger partial charge in [0.2, 0.25) is 0 Å². The van der Waals surface area contributed by atoms with Gasteiger partial charge in [-0.15, -0.1) is 0 Å². The van der Waals surface area contributed by atoms with Crippen LogP contribution < -0.4 is 4.90 Å². The van der Waals surface area contributed by atoms with Crippen LogP contribution in [0.1, 0.15) is 0 Å². The van der Waals surface area contributed by atoms with E-state index in [1.807, 2.05) is 0 Å². The number of benzene rings is 9. The minimum Gasteiger partial charge on any atom is -0.310 e. The Hall–Kier alpha value is -6.90. The van der Waals surface area contributed by atoms with Crippen molar-refractivity contribution in [1.82, 2.24) is 4.57 Å². The zero-order valence-corrected chi connectivity index (χ0v) is 28.5. The number of hydrogen-bond acceptors (Lipinski definition) is 1. The third-order valence-corrected chi connectivity index (χ3v) is 10.4. The van der Waals surface area contributed by atoms with Gasteiger partial charge in [0, 0.05) is 33.4 Å². The van der Waals surface area contributed by atoms with Crippen molar-refractivity contribution in [3.63, 3.8) is 0 Å². The highest BCUT2D eigenvalue weighted by Crippen LogP contribution is 2.42. The summed E-state index contributed by atoms with van der Waals surface area (Å²) in [6, 6.07) is 74.7. The maximum absolute atomic E-state index is 2.44. The SMILES string of the molecule is c1ccc(-c2ccc(N(c3ccc(-c4c(-n5c6ccccc6c6ccccc65)ccc5ccccc45)cc3)c3ccc4ccccc4c3)cc2)cc1. The Balaban J connectivity index is 1.14. The van der Waals surface area contributed by atoms with Crippen LogP contribution >= 0.6 is 0 Å². The Kier molecular flexibility index (Phi) is 7.18. The maximum atomic E-state index is 2.44. The molecule has 0 bridgehead atoms.